The zero-order valence-electron chi connectivity index (χ0n) is 14.1. The fourth-order valence-corrected chi connectivity index (χ4v) is 2.92. The number of hydrogen-bond donors (Lipinski definition) is 0. The average molecular weight is 404 g/mol. The van der Waals surface area contributed by atoms with Gasteiger partial charge in [0.2, 0.25) is 6.29 Å². The highest BCUT2D eigenvalue weighted by Gasteiger charge is 2.51. The molecule has 0 saturated carbocycles. The van der Waals surface area contributed by atoms with Crippen LogP contribution < -0.4 is 0 Å². The number of carbonyl (C=O) groups is 2. The van der Waals surface area contributed by atoms with Crippen LogP contribution in [0.4, 0.5) is 0 Å². The van der Waals surface area contributed by atoms with Crippen molar-refractivity contribution in [1.82, 2.24) is 0 Å². The van der Waals surface area contributed by atoms with E-state index >= 15 is 0 Å². The summed E-state index contributed by atoms with van der Waals surface area (Å²) in [5.41, 5.74) is -1.63. The van der Waals surface area contributed by atoms with Gasteiger partial charge in [-0.1, -0.05) is 0 Å². The van der Waals surface area contributed by atoms with Gasteiger partial charge >= 0.3 is 11.9 Å². The van der Waals surface area contributed by atoms with Gasteiger partial charge < -0.3 is 14.2 Å². The summed E-state index contributed by atoms with van der Waals surface area (Å²) >= 11 is 0. The lowest BCUT2D eigenvalue weighted by Gasteiger charge is -2.26. The number of carbonyl (C=O) groups excluding carboxylic acids is 2. The summed E-state index contributed by atoms with van der Waals surface area (Å²) in [6.45, 7) is 0.951. The molecule has 13 heteroatoms. The van der Waals surface area contributed by atoms with Crippen LogP contribution in [0.5, 0.6) is 0 Å². The topological polar surface area (TPSA) is 149 Å². The first-order chi connectivity index (χ1) is 11.2. The molecule has 1 fully saturated rings. The van der Waals surface area contributed by atoms with Crippen LogP contribution >= 0.6 is 0 Å². The van der Waals surface area contributed by atoms with Crippen molar-refractivity contribution in [2.75, 3.05) is 25.7 Å². The highest BCUT2D eigenvalue weighted by Crippen LogP contribution is 2.35. The van der Waals surface area contributed by atoms with Gasteiger partial charge in [-0.05, 0) is 0 Å². The van der Waals surface area contributed by atoms with Gasteiger partial charge in [-0.15, -0.1) is 0 Å². The molecule has 1 aliphatic rings. The van der Waals surface area contributed by atoms with Gasteiger partial charge in [-0.25, -0.2) is 0 Å². The molecule has 0 spiro atoms. The number of rotatable bonds is 8. The van der Waals surface area contributed by atoms with E-state index in [1.165, 1.54) is 0 Å². The molecule has 1 heterocycles. The molecule has 0 amide bonds. The molecule has 2 atom stereocenters. The third-order valence-corrected chi connectivity index (χ3v) is 4.01. The van der Waals surface area contributed by atoms with Crippen molar-refractivity contribution in [3.8, 4) is 0 Å². The van der Waals surface area contributed by atoms with E-state index in [0.717, 1.165) is 26.4 Å². The zero-order chi connectivity index (χ0) is 19.5. The zero-order valence-corrected chi connectivity index (χ0v) is 15.7. The molecule has 0 aromatic rings. The molecular formula is C12H20O11S2. The maximum atomic E-state index is 11.2. The molecule has 1 saturated heterocycles. The Morgan fingerprint density at radius 3 is 1.76 bits per heavy atom. The molecule has 0 N–H and O–H groups in total. The van der Waals surface area contributed by atoms with Crippen molar-refractivity contribution in [2.24, 2.45) is 0 Å². The minimum Gasteiger partial charge on any atom is -0.456 e. The van der Waals surface area contributed by atoms with Gasteiger partial charge in [-0.3, -0.25) is 18.0 Å². The summed E-state index contributed by atoms with van der Waals surface area (Å²) < 4.78 is 69.7. The SMILES string of the molecule is CC(=O)O[C@H]1OC(COS(C)(=O)=O)(COS(C)(=O)=O)C[C@H]1OC(C)=O. The second-order valence-corrected chi connectivity index (χ2v) is 8.85. The molecule has 11 nitrogen and oxygen atoms in total. The molecule has 25 heavy (non-hydrogen) atoms. The summed E-state index contributed by atoms with van der Waals surface area (Å²) in [7, 11) is -7.77. The van der Waals surface area contributed by atoms with E-state index in [-0.39, 0.29) is 6.42 Å². The van der Waals surface area contributed by atoms with Gasteiger partial charge in [0.15, 0.2) is 6.10 Å². The standard InChI is InChI=1S/C12H20O11S2/c1-8(13)21-10-5-12(6-19-24(3,15)16,7-20-25(4,17)18)23-11(10)22-9(2)14/h10-11H,5-7H2,1-4H3/t10-,11+/m1/s1. The van der Waals surface area contributed by atoms with Gasteiger partial charge in [0.05, 0.1) is 25.7 Å². The van der Waals surface area contributed by atoms with Crippen molar-refractivity contribution >= 4 is 32.2 Å². The van der Waals surface area contributed by atoms with E-state index in [0.29, 0.717) is 0 Å². The Hall–Kier alpha value is -1.28. The van der Waals surface area contributed by atoms with Gasteiger partial charge in [0.25, 0.3) is 20.2 Å². The van der Waals surface area contributed by atoms with Crippen LogP contribution in [0.15, 0.2) is 0 Å². The van der Waals surface area contributed by atoms with E-state index in [1.807, 2.05) is 0 Å². The van der Waals surface area contributed by atoms with Crippen molar-refractivity contribution in [3.63, 3.8) is 0 Å². The number of esters is 2. The van der Waals surface area contributed by atoms with Gasteiger partial charge in [0, 0.05) is 20.3 Å². The van der Waals surface area contributed by atoms with Crippen LogP contribution in [-0.2, 0) is 52.4 Å². The first-order valence-corrected chi connectivity index (χ1v) is 10.6. The lowest BCUT2D eigenvalue weighted by atomic mass is 10.0. The van der Waals surface area contributed by atoms with Crippen LogP contribution in [0.25, 0.3) is 0 Å². The summed E-state index contributed by atoms with van der Waals surface area (Å²) in [6.07, 6.45) is -1.09. The number of ether oxygens (including phenoxy) is 3. The third-order valence-electron chi connectivity index (χ3n) is 2.91. The molecule has 0 aromatic heterocycles. The Morgan fingerprint density at radius 1 is 0.960 bits per heavy atom. The van der Waals surface area contributed by atoms with Crippen LogP contribution in [0, 0.1) is 0 Å². The first-order valence-electron chi connectivity index (χ1n) is 6.92. The Labute approximate surface area is 145 Å². The molecule has 1 rings (SSSR count). The van der Waals surface area contributed by atoms with E-state index in [9.17, 15) is 26.4 Å². The van der Waals surface area contributed by atoms with Gasteiger partial charge in [0.1, 0.15) is 5.60 Å². The smallest absolute Gasteiger partial charge is 0.305 e. The van der Waals surface area contributed by atoms with E-state index in [4.69, 9.17) is 14.2 Å². The second kappa shape index (κ2) is 7.95. The van der Waals surface area contributed by atoms with Crippen molar-refractivity contribution in [3.05, 3.63) is 0 Å². The van der Waals surface area contributed by atoms with Crippen LogP contribution in [0.2, 0.25) is 0 Å². The minimum atomic E-state index is -3.89. The highest BCUT2D eigenvalue weighted by molar-refractivity contribution is 7.86. The fourth-order valence-electron chi connectivity index (χ4n) is 2.06. The molecular weight excluding hydrogens is 384 g/mol. The Balaban J connectivity index is 3.06. The quantitative estimate of drug-likeness (QED) is 0.359. The van der Waals surface area contributed by atoms with Gasteiger partial charge in [-0.2, -0.15) is 16.8 Å². The molecule has 0 aromatic carbocycles. The van der Waals surface area contributed by atoms with E-state index in [1.54, 1.807) is 0 Å². The molecule has 0 bridgehead atoms. The monoisotopic (exact) mass is 404 g/mol. The van der Waals surface area contributed by atoms with E-state index in [2.05, 4.69) is 8.37 Å². The molecule has 0 unspecified atom stereocenters. The molecule has 146 valence electrons. The normalized spacial score (nSPS) is 23.2. The molecule has 0 aliphatic carbocycles. The summed E-state index contributed by atoms with van der Waals surface area (Å²) in [5, 5.41) is 0. The minimum absolute atomic E-state index is 0.213. The van der Waals surface area contributed by atoms with Crippen LogP contribution in [0.3, 0.4) is 0 Å². The predicted molar refractivity (Wildman–Crippen MR) is 81.1 cm³/mol. The summed E-state index contributed by atoms with van der Waals surface area (Å²) in [4.78, 5) is 22.4. The maximum Gasteiger partial charge on any atom is 0.305 e. The first kappa shape index (κ1) is 21.8. The Morgan fingerprint density at radius 2 is 1.40 bits per heavy atom. The Bertz CT molecular complexity index is 647. The highest BCUT2D eigenvalue weighted by atomic mass is 32.2. The predicted octanol–water partition coefficient (Wildman–Crippen LogP) is -1.08. The lowest BCUT2D eigenvalue weighted by Crippen LogP contribution is -2.41. The van der Waals surface area contributed by atoms with Crippen molar-refractivity contribution in [2.45, 2.75) is 38.3 Å². The molecule has 0 radical (unpaired) electrons. The van der Waals surface area contributed by atoms with Crippen LogP contribution in [-0.4, -0.2) is 72.5 Å². The lowest BCUT2D eigenvalue weighted by molar-refractivity contribution is -0.210. The third kappa shape index (κ3) is 8.09. The fraction of sp³-hybridized carbons (Fsp3) is 0.833. The summed E-state index contributed by atoms with van der Waals surface area (Å²) in [5.74, 6) is -1.44. The largest absolute Gasteiger partial charge is 0.456 e. The van der Waals surface area contributed by atoms with Crippen molar-refractivity contribution in [1.29, 1.82) is 0 Å². The maximum absolute atomic E-state index is 11.2. The Kier molecular flexibility index (Phi) is 6.92. The number of hydrogen-bond acceptors (Lipinski definition) is 11. The average Bonchev–Trinajstić information content (AvgIpc) is 2.70. The van der Waals surface area contributed by atoms with E-state index < -0.39 is 63.4 Å². The summed E-state index contributed by atoms with van der Waals surface area (Å²) in [6, 6.07) is 0. The molecule has 1 aliphatic heterocycles. The van der Waals surface area contributed by atoms with Crippen LogP contribution in [0.1, 0.15) is 20.3 Å². The second-order valence-electron chi connectivity index (χ2n) is 5.56. The van der Waals surface area contributed by atoms with Crippen molar-refractivity contribution < 1.29 is 49.0 Å².